The quantitative estimate of drug-likeness (QED) is 0.928. The number of benzene rings is 1. The molecular formula is C17H26N2OS. The van der Waals surface area contributed by atoms with Crippen molar-refractivity contribution in [1.82, 2.24) is 4.90 Å². The minimum absolute atomic E-state index is 0.168. The van der Waals surface area contributed by atoms with Crippen molar-refractivity contribution in [3.05, 3.63) is 35.4 Å². The highest BCUT2D eigenvalue weighted by atomic mass is 32.2. The normalized spacial score (nSPS) is 29.4. The zero-order valence-corrected chi connectivity index (χ0v) is 13.7. The van der Waals surface area contributed by atoms with Crippen LogP contribution in [0, 0.1) is 0 Å². The van der Waals surface area contributed by atoms with Gasteiger partial charge in [0.1, 0.15) is 0 Å². The second kappa shape index (κ2) is 6.69. The zero-order chi connectivity index (χ0) is 14.7. The number of thioether (sulfide) groups is 1. The first kappa shape index (κ1) is 15.3. The molecule has 0 bridgehead atoms. The van der Waals surface area contributed by atoms with Crippen LogP contribution in [0.1, 0.15) is 30.4 Å². The van der Waals surface area contributed by atoms with E-state index in [-0.39, 0.29) is 5.60 Å². The SMILES string of the molecule is CN(Cc1cccc(CN)c1)C1CCOC2(CCSC2)C1. The van der Waals surface area contributed by atoms with Crippen LogP contribution in [0.2, 0.25) is 0 Å². The topological polar surface area (TPSA) is 38.5 Å². The van der Waals surface area contributed by atoms with Crippen LogP contribution in [0.5, 0.6) is 0 Å². The molecule has 2 saturated heterocycles. The van der Waals surface area contributed by atoms with Crippen molar-refractivity contribution >= 4 is 11.8 Å². The molecule has 4 heteroatoms. The molecule has 0 radical (unpaired) electrons. The van der Waals surface area contributed by atoms with Crippen LogP contribution in [0.15, 0.2) is 24.3 Å². The van der Waals surface area contributed by atoms with Gasteiger partial charge in [0.25, 0.3) is 0 Å². The van der Waals surface area contributed by atoms with Crippen molar-refractivity contribution in [2.45, 2.75) is 44.0 Å². The van der Waals surface area contributed by atoms with Crippen molar-refractivity contribution in [1.29, 1.82) is 0 Å². The summed E-state index contributed by atoms with van der Waals surface area (Å²) in [6.07, 6.45) is 3.57. The van der Waals surface area contributed by atoms with E-state index in [1.165, 1.54) is 35.5 Å². The summed E-state index contributed by atoms with van der Waals surface area (Å²) in [7, 11) is 2.25. The third-order valence-corrected chi connectivity index (χ3v) is 6.04. The van der Waals surface area contributed by atoms with Gasteiger partial charge in [-0.2, -0.15) is 11.8 Å². The maximum atomic E-state index is 6.13. The van der Waals surface area contributed by atoms with E-state index in [4.69, 9.17) is 10.5 Å². The van der Waals surface area contributed by atoms with Crippen LogP contribution in [0.4, 0.5) is 0 Å². The molecule has 2 aliphatic heterocycles. The van der Waals surface area contributed by atoms with E-state index in [2.05, 4.69) is 36.2 Å². The van der Waals surface area contributed by atoms with E-state index in [0.717, 1.165) is 19.6 Å². The Morgan fingerprint density at radius 2 is 2.29 bits per heavy atom. The molecule has 0 aliphatic carbocycles. The molecule has 21 heavy (non-hydrogen) atoms. The van der Waals surface area contributed by atoms with E-state index in [1.807, 2.05) is 11.8 Å². The van der Waals surface area contributed by atoms with Gasteiger partial charge in [-0.1, -0.05) is 24.3 Å². The molecule has 1 aromatic rings. The smallest absolute Gasteiger partial charge is 0.0795 e. The van der Waals surface area contributed by atoms with Crippen LogP contribution in [-0.2, 0) is 17.8 Å². The molecule has 0 aromatic heterocycles. The fourth-order valence-corrected chi connectivity index (χ4v) is 4.89. The molecule has 1 aromatic carbocycles. The predicted molar refractivity (Wildman–Crippen MR) is 89.4 cm³/mol. The average Bonchev–Trinajstić information content (AvgIpc) is 2.95. The number of hydrogen-bond donors (Lipinski definition) is 1. The number of hydrogen-bond acceptors (Lipinski definition) is 4. The molecule has 3 nitrogen and oxygen atoms in total. The second-order valence-corrected chi connectivity index (χ2v) is 7.53. The Balaban J connectivity index is 1.63. The monoisotopic (exact) mass is 306 g/mol. The summed E-state index contributed by atoms with van der Waals surface area (Å²) in [6.45, 7) is 2.54. The van der Waals surface area contributed by atoms with E-state index in [0.29, 0.717) is 12.6 Å². The molecule has 2 atom stereocenters. The molecule has 116 valence electrons. The molecule has 2 N–H and O–H groups in total. The molecule has 0 saturated carbocycles. The Labute approximate surface area is 132 Å². The number of rotatable bonds is 4. The number of nitrogens with zero attached hydrogens (tertiary/aromatic N) is 1. The molecule has 2 aliphatic rings. The summed E-state index contributed by atoms with van der Waals surface area (Å²) in [5.41, 5.74) is 8.49. The third-order valence-electron chi connectivity index (χ3n) is 4.82. The molecule has 2 heterocycles. The molecule has 2 unspecified atom stereocenters. The lowest BCUT2D eigenvalue weighted by Gasteiger charge is -2.41. The van der Waals surface area contributed by atoms with Gasteiger partial charge in [0, 0.05) is 31.5 Å². The summed E-state index contributed by atoms with van der Waals surface area (Å²) in [6, 6.07) is 9.29. The van der Waals surface area contributed by atoms with Crippen LogP contribution in [-0.4, -0.2) is 41.7 Å². The standard InChI is InChI=1S/C17H26N2OS/c1-19(12-15-4-2-3-14(9-15)11-18)16-5-7-20-17(10-16)6-8-21-13-17/h2-4,9,16H,5-8,10-13,18H2,1H3. The van der Waals surface area contributed by atoms with Crippen molar-refractivity contribution in [3.8, 4) is 0 Å². The molecule has 0 amide bonds. The van der Waals surface area contributed by atoms with Gasteiger partial charge in [0.15, 0.2) is 0 Å². The lowest BCUT2D eigenvalue weighted by Crippen LogP contribution is -2.47. The minimum Gasteiger partial charge on any atom is -0.374 e. The Morgan fingerprint density at radius 3 is 3.05 bits per heavy atom. The third kappa shape index (κ3) is 3.62. The van der Waals surface area contributed by atoms with Crippen molar-refractivity contribution in [2.75, 3.05) is 25.2 Å². The Bertz CT molecular complexity index is 474. The maximum Gasteiger partial charge on any atom is 0.0795 e. The van der Waals surface area contributed by atoms with Gasteiger partial charge >= 0.3 is 0 Å². The van der Waals surface area contributed by atoms with Gasteiger partial charge in [-0.15, -0.1) is 0 Å². The van der Waals surface area contributed by atoms with E-state index in [1.54, 1.807) is 0 Å². The highest BCUT2D eigenvalue weighted by molar-refractivity contribution is 7.99. The summed E-state index contributed by atoms with van der Waals surface area (Å²) in [5, 5.41) is 0. The van der Waals surface area contributed by atoms with Gasteiger partial charge in [-0.25, -0.2) is 0 Å². The largest absolute Gasteiger partial charge is 0.374 e. The van der Waals surface area contributed by atoms with Crippen LogP contribution < -0.4 is 5.73 Å². The lowest BCUT2D eigenvalue weighted by atomic mass is 9.89. The van der Waals surface area contributed by atoms with Crippen molar-refractivity contribution in [3.63, 3.8) is 0 Å². The number of ether oxygens (including phenoxy) is 1. The Morgan fingerprint density at radius 1 is 1.43 bits per heavy atom. The van der Waals surface area contributed by atoms with E-state index in [9.17, 15) is 0 Å². The van der Waals surface area contributed by atoms with Gasteiger partial charge < -0.3 is 10.5 Å². The van der Waals surface area contributed by atoms with E-state index >= 15 is 0 Å². The van der Waals surface area contributed by atoms with Gasteiger partial charge in [-0.05, 0) is 43.2 Å². The van der Waals surface area contributed by atoms with Crippen molar-refractivity contribution in [2.24, 2.45) is 5.73 Å². The van der Waals surface area contributed by atoms with Gasteiger partial charge in [0.05, 0.1) is 5.60 Å². The van der Waals surface area contributed by atoms with Gasteiger partial charge in [-0.3, -0.25) is 4.90 Å². The Kier molecular flexibility index (Phi) is 4.89. The zero-order valence-electron chi connectivity index (χ0n) is 12.9. The molecule has 2 fully saturated rings. The summed E-state index contributed by atoms with van der Waals surface area (Å²) in [5.74, 6) is 2.44. The molecule has 3 rings (SSSR count). The van der Waals surface area contributed by atoms with Crippen LogP contribution in [0.25, 0.3) is 0 Å². The first-order valence-electron chi connectivity index (χ1n) is 7.91. The van der Waals surface area contributed by atoms with Crippen LogP contribution >= 0.6 is 11.8 Å². The fourth-order valence-electron chi connectivity index (χ4n) is 3.51. The second-order valence-electron chi connectivity index (χ2n) is 6.42. The molecule has 1 spiro atoms. The summed E-state index contributed by atoms with van der Waals surface area (Å²) >= 11 is 2.04. The van der Waals surface area contributed by atoms with Gasteiger partial charge in [0.2, 0.25) is 0 Å². The maximum absolute atomic E-state index is 6.13. The predicted octanol–water partition coefficient (Wildman–Crippen LogP) is 2.63. The average molecular weight is 306 g/mol. The summed E-state index contributed by atoms with van der Waals surface area (Å²) in [4.78, 5) is 2.50. The number of nitrogens with two attached hydrogens (primary N) is 1. The summed E-state index contributed by atoms with van der Waals surface area (Å²) < 4.78 is 6.13. The molecular weight excluding hydrogens is 280 g/mol. The fraction of sp³-hybridized carbons (Fsp3) is 0.647. The Hall–Kier alpha value is -0.550. The lowest BCUT2D eigenvalue weighted by molar-refractivity contribution is -0.0874. The first-order valence-corrected chi connectivity index (χ1v) is 9.06. The van der Waals surface area contributed by atoms with E-state index < -0.39 is 0 Å². The van der Waals surface area contributed by atoms with Crippen LogP contribution in [0.3, 0.4) is 0 Å². The highest BCUT2D eigenvalue weighted by Crippen LogP contribution is 2.39. The van der Waals surface area contributed by atoms with Crippen molar-refractivity contribution < 1.29 is 4.74 Å². The first-order chi connectivity index (χ1) is 10.2. The minimum atomic E-state index is 0.168. The highest BCUT2D eigenvalue weighted by Gasteiger charge is 2.41.